The molecule has 8 heteroatoms. The number of carbonyl (C=O) groups is 2. The fraction of sp³-hybridized carbons (Fsp3) is 0.348. The van der Waals surface area contributed by atoms with Crippen LogP contribution in [0.3, 0.4) is 0 Å². The second-order valence-electron chi connectivity index (χ2n) is 7.40. The predicted molar refractivity (Wildman–Crippen MR) is 121 cm³/mol. The van der Waals surface area contributed by atoms with Gasteiger partial charge in [0.15, 0.2) is 5.78 Å². The van der Waals surface area contributed by atoms with Crippen molar-refractivity contribution in [3.05, 3.63) is 65.2 Å². The van der Waals surface area contributed by atoms with Crippen LogP contribution in [-0.2, 0) is 11.2 Å². The zero-order valence-electron chi connectivity index (χ0n) is 18.0. The maximum absolute atomic E-state index is 12.6. The number of unbranched alkanes of at least 4 members (excludes halogenated alkanes) is 1. The minimum Gasteiger partial charge on any atom is -0.350 e. The normalized spacial score (nSPS) is 11.8. The molecule has 1 unspecified atom stereocenters. The van der Waals surface area contributed by atoms with Gasteiger partial charge in [0.05, 0.1) is 17.5 Å². The maximum Gasteiger partial charge on any atom is 0.217 e. The molecule has 3 aromatic rings. The molecular formula is C23H27N5O2S. The molecule has 162 valence electrons. The number of benzene rings is 2. The van der Waals surface area contributed by atoms with E-state index in [9.17, 15) is 9.59 Å². The summed E-state index contributed by atoms with van der Waals surface area (Å²) in [4.78, 5) is 23.8. The summed E-state index contributed by atoms with van der Waals surface area (Å²) >= 11 is 1.31. The summed E-state index contributed by atoms with van der Waals surface area (Å²) in [7, 11) is 0. The Balaban J connectivity index is 1.61. The molecule has 0 bridgehead atoms. The van der Waals surface area contributed by atoms with Crippen molar-refractivity contribution in [2.24, 2.45) is 0 Å². The van der Waals surface area contributed by atoms with Crippen LogP contribution in [0.5, 0.6) is 0 Å². The van der Waals surface area contributed by atoms with Gasteiger partial charge in [0, 0.05) is 12.5 Å². The number of rotatable bonds is 10. The molecule has 1 heterocycles. The van der Waals surface area contributed by atoms with E-state index in [2.05, 4.69) is 39.9 Å². The van der Waals surface area contributed by atoms with E-state index >= 15 is 0 Å². The third-order valence-electron chi connectivity index (χ3n) is 4.93. The molecule has 1 amide bonds. The first-order valence-corrected chi connectivity index (χ1v) is 11.4. The van der Waals surface area contributed by atoms with Gasteiger partial charge in [0.25, 0.3) is 0 Å². The minimum atomic E-state index is -0.103. The number of nitrogens with one attached hydrogen (secondary N) is 1. The number of carbonyl (C=O) groups excluding carboxylic acids is 2. The number of ketones is 1. The average molecular weight is 438 g/mol. The van der Waals surface area contributed by atoms with Crippen LogP contribution < -0.4 is 5.32 Å². The Hall–Kier alpha value is -3.00. The lowest BCUT2D eigenvalue weighted by atomic mass is 10.0. The van der Waals surface area contributed by atoms with Gasteiger partial charge < -0.3 is 5.32 Å². The Morgan fingerprint density at radius 3 is 2.45 bits per heavy atom. The lowest BCUT2D eigenvalue weighted by molar-refractivity contribution is -0.119. The van der Waals surface area contributed by atoms with Crippen LogP contribution in [0, 0.1) is 0 Å². The molecule has 7 nitrogen and oxygen atoms in total. The lowest BCUT2D eigenvalue weighted by Gasteiger charge is -2.13. The van der Waals surface area contributed by atoms with Gasteiger partial charge in [-0.25, -0.2) is 0 Å². The summed E-state index contributed by atoms with van der Waals surface area (Å²) in [6.45, 7) is 5.57. The highest BCUT2D eigenvalue weighted by Gasteiger charge is 2.14. The van der Waals surface area contributed by atoms with Crippen molar-refractivity contribution in [3.8, 4) is 5.69 Å². The van der Waals surface area contributed by atoms with Crippen molar-refractivity contribution < 1.29 is 9.59 Å². The standard InChI is InChI=1S/C23H27N5O2S/c1-4-5-6-18-7-13-21(14-8-18)28-23(25-26-27-28)31-15-22(30)20-11-9-19(10-12-20)16(2)24-17(3)29/h7-14,16H,4-6,15H2,1-3H3,(H,24,29). The third-order valence-corrected chi connectivity index (χ3v) is 5.84. The number of thioether (sulfide) groups is 1. The van der Waals surface area contributed by atoms with Crippen molar-refractivity contribution in [1.82, 2.24) is 25.5 Å². The minimum absolute atomic E-state index is 0.00630. The molecule has 31 heavy (non-hydrogen) atoms. The Morgan fingerprint density at radius 2 is 1.81 bits per heavy atom. The smallest absolute Gasteiger partial charge is 0.217 e. The van der Waals surface area contributed by atoms with Crippen LogP contribution in [0.25, 0.3) is 5.69 Å². The van der Waals surface area contributed by atoms with Crippen LogP contribution in [0.1, 0.15) is 61.1 Å². The van der Waals surface area contributed by atoms with E-state index in [4.69, 9.17) is 0 Å². The number of amides is 1. The van der Waals surface area contributed by atoms with E-state index < -0.39 is 0 Å². The summed E-state index contributed by atoms with van der Waals surface area (Å²) in [6.07, 6.45) is 3.39. The Bertz CT molecular complexity index is 1020. The van der Waals surface area contributed by atoms with E-state index in [0.717, 1.165) is 17.7 Å². The molecule has 0 fully saturated rings. The molecular weight excluding hydrogens is 410 g/mol. The fourth-order valence-corrected chi connectivity index (χ4v) is 3.96. The molecule has 0 spiro atoms. The predicted octanol–water partition coefficient (Wildman–Crippen LogP) is 4.18. The van der Waals surface area contributed by atoms with E-state index in [-0.39, 0.29) is 23.5 Å². The molecule has 0 aliphatic carbocycles. The molecule has 1 atom stereocenters. The molecule has 0 saturated carbocycles. The second kappa shape index (κ2) is 10.9. The van der Waals surface area contributed by atoms with E-state index in [1.165, 1.54) is 37.1 Å². The largest absolute Gasteiger partial charge is 0.350 e. The number of tetrazole rings is 1. The first-order chi connectivity index (χ1) is 15.0. The second-order valence-corrected chi connectivity index (χ2v) is 8.34. The van der Waals surface area contributed by atoms with Gasteiger partial charge in [0.2, 0.25) is 11.1 Å². The van der Waals surface area contributed by atoms with Crippen molar-refractivity contribution in [2.75, 3.05) is 5.75 Å². The number of Topliss-reactive ketones (excluding diaryl/α,β-unsaturated/α-hetero) is 1. The summed E-state index contributed by atoms with van der Waals surface area (Å²) in [6, 6.07) is 15.4. The van der Waals surface area contributed by atoms with E-state index in [1.807, 2.05) is 31.2 Å². The Morgan fingerprint density at radius 1 is 1.10 bits per heavy atom. The quantitative estimate of drug-likeness (QED) is 0.378. The van der Waals surface area contributed by atoms with Crippen molar-refractivity contribution in [2.45, 2.75) is 51.2 Å². The fourth-order valence-electron chi connectivity index (χ4n) is 3.18. The zero-order chi connectivity index (χ0) is 22.2. The number of aryl methyl sites for hydroxylation is 1. The van der Waals surface area contributed by atoms with Crippen LogP contribution in [0.2, 0.25) is 0 Å². The summed E-state index contributed by atoms with van der Waals surface area (Å²) in [5.74, 6) is 0.140. The first-order valence-electron chi connectivity index (χ1n) is 10.4. The Kier molecular flexibility index (Phi) is 7.94. The maximum atomic E-state index is 12.6. The van der Waals surface area contributed by atoms with Gasteiger partial charge in [-0.1, -0.05) is 61.5 Å². The lowest BCUT2D eigenvalue weighted by Crippen LogP contribution is -2.23. The number of aromatic nitrogens is 4. The molecule has 1 aromatic heterocycles. The molecule has 3 rings (SSSR count). The summed E-state index contributed by atoms with van der Waals surface area (Å²) in [5.41, 5.74) is 3.73. The highest BCUT2D eigenvalue weighted by Crippen LogP contribution is 2.21. The number of hydrogen-bond donors (Lipinski definition) is 1. The number of hydrogen-bond acceptors (Lipinski definition) is 6. The van der Waals surface area contributed by atoms with Gasteiger partial charge in [0.1, 0.15) is 0 Å². The molecule has 0 aliphatic rings. The van der Waals surface area contributed by atoms with Crippen LogP contribution in [-0.4, -0.2) is 37.7 Å². The topological polar surface area (TPSA) is 89.8 Å². The first kappa shape index (κ1) is 22.7. The molecule has 0 saturated heterocycles. The van der Waals surface area contributed by atoms with Gasteiger partial charge in [-0.2, -0.15) is 4.68 Å². The van der Waals surface area contributed by atoms with Gasteiger partial charge in [-0.05, 0) is 53.5 Å². The summed E-state index contributed by atoms with van der Waals surface area (Å²) in [5, 5.41) is 15.3. The Labute approximate surface area is 186 Å². The summed E-state index contributed by atoms with van der Waals surface area (Å²) < 4.78 is 1.65. The molecule has 0 radical (unpaired) electrons. The monoisotopic (exact) mass is 437 g/mol. The van der Waals surface area contributed by atoms with Crippen molar-refractivity contribution in [1.29, 1.82) is 0 Å². The zero-order valence-corrected chi connectivity index (χ0v) is 18.9. The molecule has 2 aromatic carbocycles. The van der Waals surface area contributed by atoms with E-state index in [1.54, 1.807) is 16.8 Å². The number of nitrogens with zero attached hydrogens (tertiary/aromatic N) is 4. The van der Waals surface area contributed by atoms with Gasteiger partial charge >= 0.3 is 0 Å². The SMILES string of the molecule is CCCCc1ccc(-n2nnnc2SCC(=O)c2ccc(C(C)NC(C)=O)cc2)cc1. The third kappa shape index (κ3) is 6.24. The van der Waals surface area contributed by atoms with Crippen LogP contribution in [0.4, 0.5) is 0 Å². The highest BCUT2D eigenvalue weighted by atomic mass is 32.2. The van der Waals surface area contributed by atoms with Gasteiger partial charge in [-0.15, -0.1) is 5.10 Å². The van der Waals surface area contributed by atoms with Crippen LogP contribution in [0.15, 0.2) is 53.7 Å². The molecule has 0 aliphatic heterocycles. The van der Waals surface area contributed by atoms with Gasteiger partial charge in [-0.3, -0.25) is 9.59 Å². The average Bonchev–Trinajstić information content (AvgIpc) is 3.24. The van der Waals surface area contributed by atoms with E-state index in [0.29, 0.717) is 10.7 Å². The van der Waals surface area contributed by atoms with Crippen LogP contribution >= 0.6 is 11.8 Å². The highest BCUT2D eigenvalue weighted by molar-refractivity contribution is 7.99. The molecule has 1 N–H and O–H groups in total. The van der Waals surface area contributed by atoms with Crippen molar-refractivity contribution >= 4 is 23.5 Å². The van der Waals surface area contributed by atoms with Crippen molar-refractivity contribution in [3.63, 3.8) is 0 Å².